The third-order valence-electron chi connectivity index (χ3n) is 18.0. The van der Waals surface area contributed by atoms with Crippen molar-refractivity contribution < 1.29 is 40.6 Å². The van der Waals surface area contributed by atoms with Crippen molar-refractivity contribution in [1.29, 1.82) is 0 Å². The van der Waals surface area contributed by atoms with Gasteiger partial charge < -0.3 is 28.3 Å². The number of nitrogens with one attached hydrogen (secondary N) is 2. The fourth-order valence-electron chi connectivity index (χ4n) is 10.5. The smallest absolute Gasteiger partial charge is 0.399 e. The maximum absolute atomic E-state index is 13.5. The van der Waals surface area contributed by atoms with Gasteiger partial charge in [0.2, 0.25) is 11.3 Å². The van der Waals surface area contributed by atoms with E-state index in [-0.39, 0.29) is 58.6 Å². The number of nitrogens with zero attached hydrogens (tertiary/aromatic N) is 19. The first-order chi connectivity index (χ1) is 54.0. The van der Waals surface area contributed by atoms with Crippen LogP contribution >= 0.6 is 54.5 Å². The molecule has 2 N–H and O–H groups in total. The van der Waals surface area contributed by atoms with Gasteiger partial charge in [-0.15, -0.1) is 0 Å². The van der Waals surface area contributed by atoms with Crippen LogP contribution in [0.4, 0.5) is 33.6 Å². The summed E-state index contributed by atoms with van der Waals surface area (Å²) < 4.78 is 98.5. The van der Waals surface area contributed by atoms with Crippen LogP contribution in [0.5, 0.6) is 0 Å². The van der Waals surface area contributed by atoms with E-state index in [4.69, 9.17) is 31.8 Å². The molecule has 16 heterocycles. The number of aromatic nitrogens is 19. The lowest BCUT2D eigenvalue weighted by Gasteiger charge is -2.32. The molecule has 592 valence electrons. The molecule has 2 fully saturated rings. The third kappa shape index (κ3) is 22.1. The summed E-state index contributed by atoms with van der Waals surface area (Å²) in [5, 5.41) is 26.2. The number of H-pyrrole nitrogens is 2. The van der Waals surface area contributed by atoms with Gasteiger partial charge in [0.25, 0.3) is 11.6 Å². The molecule has 25 nitrogen and oxygen atoms in total. The molecular formula is C79H85B2Br2F5IN21O4. The first-order valence-corrected chi connectivity index (χ1v) is 39.1. The molecule has 0 saturated carbocycles. The Morgan fingerprint density at radius 1 is 0.447 bits per heavy atom. The third-order valence-corrected chi connectivity index (χ3v) is 19.0. The lowest BCUT2D eigenvalue weighted by Crippen LogP contribution is -2.41. The Bertz CT molecular complexity index is 5630. The average Bonchev–Trinajstić information content (AvgIpc) is 1.62. The van der Waals surface area contributed by atoms with Crippen molar-refractivity contribution in [2.45, 2.75) is 126 Å². The molecular weight excluding hydrogens is 1710 g/mol. The summed E-state index contributed by atoms with van der Waals surface area (Å²) in [5.41, 5.74) is 11.1. The van der Waals surface area contributed by atoms with E-state index in [1.807, 2.05) is 163 Å². The van der Waals surface area contributed by atoms with Crippen molar-refractivity contribution in [3.63, 3.8) is 0 Å². The van der Waals surface area contributed by atoms with Crippen LogP contribution in [-0.4, -0.2) is 135 Å². The van der Waals surface area contributed by atoms with E-state index in [0.717, 1.165) is 49.4 Å². The molecule has 16 rings (SSSR count). The molecule has 2 aliphatic heterocycles. The van der Waals surface area contributed by atoms with Crippen LogP contribution in [0.1, 0.15) is 97.7 Å². The maximum atomic E-state index is 13.5. The van der Waals surface area contributed by atoms with E-state index in [2.05, 4.69) is 135 Å². The molecule has 2 saturated heterocycles. The standard InChI is InChI=1S/C18H13FN6.C14H16BN3O2.C10H9BrFN3.C10H10FN3.C9H15BN2O2.C9H8FN3.C6H5BrFN.C2H6.CH3I/c1-11-14(19)5-6-15(22-11)18-13(10-24(3)23-18)12-4-7-16-21-8-17(20-2)25(16)9-12;1-13(2)14(3,4)20-15(19-13)10-6-7-11-17-8-12(16-5)18(11)9-10;1-6-8(12)3-4-9(13-6)10-7(11)5-15(2)14-10;1-7-8(11)3-4-9(12-7)10-5-6-14(2)13-10;1-8(2)9(3,4)14-10(13-8)7-5-6-11-12-7;1-6-7(10)2-3-8(12-6)9-4-5-11-13-9;1-4-5(8)2-3-6(7)9-4;2*1-2/h4-10H,1,3H3;6-9H,1-4H3;3-5H,1-2H3;3-6H,1-2H3;5-6H,1-4H3,(H,11,12);2-5H,1H3,(H,11,13);2-3H,1H3;1-2H3;1H3. The van der Waals surface area contributed by atoms with E-state index in [1.165, 1.54) is 30.3 Å². The lowest BCUT2D eigenvalue weighted by atomic mass is 9.80. The summed E-state index contributed by atoms with van der Waals surface area (Å²) in [7, 11) is 4.72. The van der Waals surface area contributed by atoms with Gasteiger partial charge in [-0.25, -0.2) is 65.6 Å². The average molecular weight is 1800 g/mol. The van der Waals surface area contributed by atoms with Gasteiger partial charge in [-0.05, 0) is 212 Å². The molecule has 0 radical (unpaired) electrons. The second kappa shape index (κ2) is 39.0. The molecule has 35 heteroatoms. The minimum absolute atomic E-state index is 0.266. The molecule has 0 unspecified atom stereocenters. The largest absolute Gasteiger partial charge is 0.513 e. The summed E-state index contributed by atoms with van der Waals surface area (Å²) in [6, 6.07) is 28.1. The fourth-order valence-corrected chi connectivity index (χ4v) is 11.5. The highest BCUT2D eigenvalue weighted by Crippen LogP contribution is 2.38. The van der Waals surface area contributed by atoms with Crippen LogP contribution < -0.4 is 11.1 Å². The van der Waals surface area contributed by atoms with Crippen LogP contribution in [0.15, 0.2) is 168 Å². The molecule has 0 aromatic carbocycles. The Morgan fingerprint density at radius 2 is 0.877 bits per heavy atom. The Kier molecular flexibility index (Phi) is 30.5. The van der Waals surface area contributed by atoms with E-state index in [9.17, 15) is 22.0 Å². The molecule has 14 aromatic heterocycles. The number of pyridine rings is 7. The predicted octanol–water partition coefficient (Wildman–Crippen LogP) is 17.6. The molecule has 114 heavy (non-hydrogen) atoms. The first kappa shape index (κ1) is 89.0. The minimum Gasteiger partial charge on any atom is -0.399 e. The van der Waals surface area contributed by atoms with E-state index in [0.29, 0.717) is 78.8 Å². The number of halogens is 8. The normalized spacial score (nSPS) is 13.7. The number of aryl methyl sites for hydroxylation is 8. The monoisotopic (exact) mass is 1790 g/mol. The minimum atomic E-state index is -0.426. The lowest BCUT2D eigenvalue weighted by molar-refractivity contribution is 0.00578. The molecule has 0 spiro atoms. The van der Waals surface area contributed by atoms with Crippen molar-refractivity contribution in [2.24, 2.45) is 21.1 Å². The fraction of sp³-hybridized carbons (Fsp3) is 0.291. The van der Waals surface area contributed by atoms with Crippen molar-refractivity contribution >= 4 is 103 Å². The second-order valence-corrected chi connectivity index (χ2v) is 28.8. The molecule has 14 aromatic rings. The van der Waals surface area contributed by atoms with Gasteiger partial charge in [0, 0.05) is 80.8 Å². The maximum Gasteiger partial charge on any atom is 0.513 e. The van der Waals surface area contributed by atoms with Crippen molar-refractivity contribution in [2.75, 3.05) is 4.93 Å². The number of fused-ring (bicyclic) bond motifs is 2. The highest BCUT2D eigenvalue weighted by atomic mass is 127. The van der Waals surface area contributed by atoms with Gasteiger partial charge in [0.15, 0.2) is 0 Å². The summed E-state index contributed by atoms with van der Waals surface area (Å²) >= 11 is 8.65. The number of rotatable bonds is 7. The van der Waals surface area contributed by atoms with Crippen molar-refractivity contribution in [3.8, 4) is 56.7 Å². The first-order valence-electron chi connectivity index (χ1n) is 35.4. The van der Waals surface area contributed by atoms with E-state index >= 15 is 0 Å². The highest BCUT2D eigenvalue weighted by molar-refractivity contribution is 14.1. The zero-order chi connectivity index (χ0) is 83.7. The van der Waals surface area contributed by atoms with Gasteiger partial charge in [-0.1, -0.05) is 55.6 Å². The van der Waals surface area contributed by atoms with E-state index in [1.54, 1.807) is 119 Å². The number of aromatic amines is 2. The van der Waals surface area contributed by atoms with Crippen LogP contribution in [-0.2, 0) is 39.8 Å². The Morgan fingerprint density at radius 3 is 1.32 bits per heavy atom. The van der Waals surface area contributed by atoms with Gasteiger partial charge in [0.05, 0.1) is 114 Å². The molecule has 0 atom stereocenters. The SMILES string of the molecule is CC.CC1(C)OB(c2ccn[nH]2)OC1(C)C.CI.Cc1nc(-c2ccn(C)n2)ccc1F.Cc1nc(-c2ccn[nH]2)ccc1F.Cc1nc(-c2nn(C)cc2Br)ccc1F.Cc1nc(Br)ccc1F.[C-]#[N+]c1cnc2ccc(-c3cn(C)nc3-c3ccc(F)c(C)n3)cn12.[C-]#[N+]c1cnc2ccc(B3OC(C)(C)C(C)(C)O3)cn12. The Hall–Kier alpha value is -10.5. The molecule has 0 amide bonds. The highest BCUT2D eigenvalue weighted by Gasteiger charge is 2.53. The van der Waals surface area contributed by atoms with Crippen molar-refractivity contribution in [3.05, 3.63) is 248 Å². The van der Waals surface area contributed by atoms with Crippen molar-refractivity contribution in [1.82, 2.24) is 93.4 Å². The van der Waals surface area contributed by atoms with Gasteiger partial charge >= 0.3 is 14.2 Å². The number of imidazole rings is 2. The number of hydrogen-bond acceptors (Lipinski definition) is 16. The van der Waals surface area contributed by atoms with Crippen LogP contribution in [0.25, 0.3) is 77.7 Å². The zero-order valence-corrected chi connectivity index (χ0v) is 71.6. The second-order valence-electron chi connectivity index (χ2n) is 27.1. The molecule has 2 aliphatic rings. The van der Waals surface area contributed by atoms with Gasteiger partial charge in [-0.2, -0.15) is 25.5 Å². The summed E-state index contributed by atoms with van der Waals surface area (Å²) in [6.07, 6.45) is 15.7. The summed E-state index contributed by atoms with van der Waals surface area (Å²) in [5.74, 6) is -0.559. The van der Waals surface area contributed by atoms with Crippen LogP contribution in [0, 0.1) is 76.8 Å². The van der Waals surface area contributed by atoms with Crippen LogP contribution in [0.2, 0.25) is 0 Å². The summed E-state index contributed by atoms with van der Waals surface area (Å²) in [4.78, 5) is 37.7. The number of alkyl halides is 1. The zero-order valence-electron chi connectivity index (χ0n) is 66.3. The van der Waals surface area contributed by atoms with Gasteiger partial charge in [-0.3, -0.25) is 24.2 Å². The van der Waals surface area contributed by atoms with Crippen LogP contribution in [0.3, 0.4) is 0 Å². The Labute approximate surface area is 689 Å². The quantitative estimate of drug-likeness (QED) is 0.0375. The molecule has 0 aliphatic carbocycles. The summed E-state index contributed by atoms with van der Waals surface area (Å²) in [6.45, 7) is 42.8. The molecule has 0 bridgehead atoms. The number of hydrogen-bond donors (Lipinski definition) is 2. The van der Waals surface area contributed by atoms with Gasteiger partial charge in [0.1, 0.15) is 50.8 Å². The predicted molar refractivity (Wildman–Crippen MR) is 447 cm³/mol. The topological polar surface area (TPSA) is 256 Å². The van der Waals surface area contributed by atoms with E-state index < -0.39 is 7.12 Å². The Balaban J connectivity index is 0.000000168.